The van der Waals surface area contributed by atoms with Crippen LogP contribution in [-0.2, 0) is 11.4 Å². The molecule has 0 amide bonds. The molecule has 0 aliphatic rings. The van der Waals surface area contributed by atoms with Crippen LogP contribution in [0, 0.1) is 0 Å². The van der Waals surface area contributed by atoms with Gasteiger partial charge in [0.2, 0.25) is 0 Å². The third-order valence-electron chi connectivity index (χ3n) is 1.87. The molecule has 0 fully saturated rings. The average molecular weight is 273 g/mol. The second-order valence-corrected chi connectivity index (χ2v) is 4.05. The van der Waals surface area contributed by atoms with E-state index in [1.165, 1.54) is 0 Å². The maximum atomic E-state index is 11.2. The third-order valence-corrected chi connectivity index (χ3v) is 2.36. The van der Waals surface area contributed by atoms with Crippen molar-refractivity contribution in [2.45, 2.75) is 26.4 Å². The Labute approximate surface area is 97.2 Å². The molecule has 1 rings (SSSR count). The second-order valence-electron chi connectivity index (χ2n) is 3.13. The molecule has 0 aliphatic heterocycles. The van der Waals surface area contributed by atoms with Gasteiger partial charge in [-0.2, -0.15) is 0 Å². The number of carbonyl (C=O) groups excluding carboxylic acids is 1. The van der Waals surface area contributed by atoms with Crippen LogP contribution in [0.15, 0.2) is 22.7 Å². The molecule has 15 heavy (non-hydrogen) atoms. The molecule has 0 heterocycles. The molecule has 0 saturated heterocycles. The van der Waals surface area contributed by atoms with Crippen molar-refractivity contribution < 1.29 is 14.6 Å². The molecule has 82 valence electrons. The van der Waals surface area contributed by atoms with Crippen molar-refractivity contribution >= 4 is 21.9 Å². The lowest BCUT2D eigenvalue weighted by molar-refractivity contribution is -0.134. The minimum atomic E-state index is -0.269. The van der Waals surface area contributed by atoms with Crippen LogP contribution >= 0.6 is 15.9 Å². The van der Waals surface area contributed by atoms with Crippen LogP contribution in [0.2, 0.25) is 0 Å². The summed E-state index contributed by atoms with van der Waals surface area (Å²) in [5.41, 5.74) is 0.605. The first-order valence-electron chi connectivity index (χ1n) is 4.77. The highest BCUT2D eigenvalue weighted by atomic mass is 79.9. The van der Waals surface area contributed by atoms with Crippen LogP contribution < -0.4 is 4.74 Å². The van der Waals surface area contributed by atoms with Gasteiger partial charge in [0.25, 0.3) is 0 Å². The molecule has 1 aromatic carbocycles. The molecular formula is C11H13BrO3. The van der Waals surface area contributed by atoms with Gasteiger partial charge in [-0.25, -0.2) is 0 Å². The zero-order valence-corrected chi connectivity index (χ0v) is 10.1. The number of aliphatic hydroxyl groups excluding tert-OH is 1. The molecule has 4 heteroatoms. The van der Waals surface area contributed by atoms with Crippen LogP contribution in [0.3, 0.4) is 0 Å². The highest BCUT2D eigenvalue weighted by Gasteiger charge is 2.08. The highest BCUT2D eigenvalue weighted by molar-refractivity contribution is 9.10. The lowest BCUT2D eigenvalue weighted by Crippen LogP contribution is -2.08. The molecule has 3 nitrogen and oxygen atoms in total. The molecule has 0 aromatic heterocycles. The Morgan fingerprint density at radius 2 is 2.27 bits per heavy atom. The minimum absolute atomic E-state index is 0.145. The van der Waals surface area contributed by atoms with Crippen molar-refractivity contribution in [3.8, 4) is 5.75 Å². The maximum Gasteiger partial charge on any atom is 0.311 e. The van der Waals surface area contributed by atoms with Crippen molar-refractivity contribution in [3.05, 3.63) is 28.2 Å². The van der Waals surface area contributed by atoms with Crippen LogP contribution in [0.1, 0.15) is 25.3 Å². The van der Waals surface area contributed by atoms with Gasteiger partial charge in [0.1, 0.15) is 5.75 Å². The van der Waals surface area contributed by atoms with E-state index >= 15 is 0 Å². The molecule has 1 aromatic rings. The van der Waals surface area contributed by atoms with Gasteiger partial charge < -0.3 is 9.84 Å². The van der Waals surface area contributed by atoms with Gasteiger partial charge >= 0.3 is 5.97 Å². The number of hydrogen-bond donors (Lipinski definition) is 1. The van der Waals surface area contributed by atoms with Gasteiger partial charge in [0, 0.05) is 16.5 Å². The van der Waals surface area contributed by atoms with E-state index in [1.54, 1.807) is 18.2 Å². The van der Waals surface area contributed by atoms with E-state index in [0.717, 1.165) is 10.9 Å². The fraction of sp³-hybridized carbons (Fsp3) is 0.364. The Kier molecular flexibility index (Phi) is 4.78. The van der Waals surface area contributed by atoms with E-state index in [-0.39, 0.29) is 12.6 Å². The molecule has 0 unspecified atom stereocenters. The molecule has 0 radical (unpaired) electrons. The number of aliphatic hydroxyl groups is 1. The topological polar surface area (TPSA) is 46.5 Å². The summed E-state index contributed by atoms with van der Waals surface area (Å²) in [6, 6.07) is 5.17. The quantitative estimate of drug-likeness (QED) is 0.677. The van der Waals surface area contributed by atoms with Gasteiger partial charge in [-0.15, -0.1) is 0 Å². The van der Waals surface area contributed by atoms with Crippen molar-refractivity contribution in [1.82, 2.24) is 0 Å². The van der Waals surface area contributed by atoms with Crippen molar-refractivity contribution in [2.24, 2.45) is 0 Å². The number of ether oxygens (including phenoxy) is 1. The smallest absolute Gasteiger partial charge is 0.311 e. The zero-order valence-electron chi connectivity index (χ0n) is 8.50. The average Bonchev–Trinajstić information content (AvgIpc) is 2.21. The van der Waals surface area contributed by atoms with E-state index in [1.807, 2.05) is 6.92 Å². The Morgan fingerprint density at radius 3 is 2.87 bits per heavy atom. The van der Waals surface area contributed by atoms with Gasteiger partial charge in [-0.3, -0.25) is 4.79 Å². The summed E-state index contributed by atoms with van der Waals surface area (Å²) in [5.74, 6) is 0.161. The van der Waals surface area contributed by atoms with E-state index < -0.39 is 0 Å². The van der Waals surface area contributed by atoms with E-state index in [4.69, 9.17) is 9.84 Å². The predicted octanol–water partition coefficient (Wildman–Crippen LogP) is 2.65. The summed E-state index contributed by atoms with van der Waals surface area (Å²) in [7, 11) is 0. The van der Waals surface area contributed by atoms with E-state index in [2.05, 4.69) is 15.9 Å². The third kappa shape index (κ3) is 3.64. The van der Waals surface area contributed by atoms with Gasteiger partial charge in [0.15, 0.2) is 0 Å². The summed E-state index contributed by atoms with van der Waals surface area (Å²) in [6.45, 7) is 1.77. The van der Waals surface area contributed by atoms with Gasteiger partial charge in [0.05, 0.1) is 6.61 Å². The first-order chi connectivity index (χ1) is 7.17. The molecule has 1 N–H and O–H groups in total. The fourth-order valence-corrected chi connectivity index (χ4v) is 1.56. The van der Waals surface area contributed by atoms with Crippen LogP contribution in [0.5, 0.6) is 5.75 Å². The monoisotopic (exact) mass is 272 g/mol. The summed E-state index contributed by atoms with van der Waals surface area (Å²) >= 11 is 3.28. The van der Waals surface area contributed by atoms with Gasteiger partial charge in [-0.05, 0) is 24.6 Å². The Hall–Kier alpha value is -0.870. The number of hydrogen-bond acceptors (Lipinski definition) is 3. The van der Waals surface area contributed by atoms with Gasteiger partial charge in [-0.1, -0.05) is 22.9 Å². The van der Waals surface area contributed by atoms with Crippen LogP contribution in [0.4, 0.5) is 0 Å². The van der Waals surface area contributed by atoms with Crippen molar-refractivity contribution in [2.75, 3.05) is 0 Å². The molecule has 0 bridgehead atoms. The Bertz CT molecular complexity index is 350. The zero-order chi connectivity index (χ0) is 11.3. The first-order valence-corrected chi connectivity index (χ1v) is 5.56. The Morgan fingerprint density at radius 1 is 1.53 bits per heavy atom. The van der Waals surface area contributed by atoms with E-state index in [0.29, 0.717) is 17.7 Å². The summed E-state index contributed by atoms with van der Waals surface area (Å²) in [6.07, 6.45) is 1.14. The molecule has 0 saturated carbocycles. The molecular weight excluding hydrogens is 260 g/mol. The SMILES string of the molecule is CCCC(=O)Oc1ccc(Br)cc1CO. The first kappa shape index (κ1) is 12.2. The largest absolute Gasteiger partial charge is 0.426 e. The number of rotatable bonds is 4. The predicted molar refractivity (Wildman–Crippen MR) is 60.6 cm³/mol. The van der Waals surface area contributed by atoms with Crippen molar-refractivity contribution in [1.29, 1.82) is 0 Å². The second kappa shape index (κ2) is 5.88. The lowest BCUT2D eigenvalue weighted by atomic mass is 10.2. The van der Waals surface area contributed by atoms with E-state index in [9.17, 15) is 4.79 Å². The number of carbonyl (C=O) groups is 1. The standard InChI is InChI=1S/C11H13BrO3/c1-2-3-11(14)15-10-5-4-9(12)6-8(10)7-13/h4-6,13H,2-3,7H2,1H3. The maximum absolute atomic E-state index is 11.2. The fourth-order valence-electron chi connectivity index (χ4n) is 1.15. The number of esters is 1. The lowest BCUT2D eigenvalue weighted by Gasteiger charge is -2.08. The minimum Gasteiger partial charge on any atom is -0.426 e. The van der Waals surface area contributed by atoms with Crippen LogP contribution in [0.25, 0.3) is 0 Å². The molecule has 0 aliphatic carbocycles. The molecule has 0 atom stereocenters. The molecule has 0 spiro atoms. The summed E-state index contributed by atoms with van der Waals surface area (Å²) in [5, 5.41) is 9.07. The summed E-state index contributed by atoms with van der Waals surface area (Å²) < 4.78 is 5.96. The highest BCUT2D eigenvalue weighted by Crippen LogP contribution is 2.23. The number of benzene rings is 1. The summed E-state index contributed by atoms with van der Waals surface area (Å²) in [4.78, 5) is 11.2. The number of halogens is 1. The van der Waals surface area contributed by atoms with Crippen LogP contribution in [-0.4, -0.2) is 11.1 Å². The Balaban J connectivity index is 2.80. The normalized spacial score (nSPS) is 10.1. The van der Waals surface area contributed by atoms with Crippen molar-refractivity contribution in [3.63, 3.8) is 0 Å².